The molecule has 0 aliphatic heterocycles. The van der Waals surface area contributed by atoms with Gasteiger partial charge in [0, 0.05) is 6.07 Å². The molecule has 0 spiro atoms. The number of hydrogen-bond acceptors (Lipinski definition) is 6. The fourth-order valence-electron chi connectivity index (χ4n) is 2.95. The van der Waals surface area contributed by atoms with Gasteiger partial charge in [0.1, 0.15) is 29.3 Å². The van der Waals surface area contributed by atoms with Crippen LogP contribution in [0, 0.1) is 11.8 Å². The monoisotopic (exact) mass is 426 g/mol. The van der Waals surface area contributed by atoms with Gasteiger partial charge in [0.15, 0.2) is 0 Å². The van der Waals surface area contributed by atoms with Gasteiger partial charge >= 0.3 is 11.9 Å². The van der Waals surface area contributed by atoms with Crippen LogP contribution in [0.5, 0.6) is 11.5 Å². The molecule has 162 valence electrons. The van der Waals surface area contributed by atoms with E-state index in [-0.39, 0.29) is 12.5 Å². The molecule has 0 amide bonds. The van der Waals surface area contributed by atoms with Crippen molar-refractivity contribution in [2.75, 3.05) is 7.11 Å². The highest BCUT2D eigenvalue weighted by Crippen LogP contribution is 2.38. The van der Waals surface area contributed by atoms with Crippen LogP contribution in [0.2, 0.25) is 5.02 Å². The maximum Gasteiger partial charge on any atom is 0.309 e. The van der Waals surface area contributed by atoms with Crippen LogP contribution in [0.25, 0.3) is 0 Å². The van der Waals surface area contributed by atoms with E-state index in [9.17, 15) is 9.59 Å². The smallest absolute Gasteiger partial charge is 0.309 e. The minimum absolute atomic E-state index is 0.0217. The van der Waals surface area contributed by atoms with Crippen molar-refractivity contribution in [3.8, 4) is 11.5 Å². The highest BCUT2D eigenvalue weighted by atomic mass is 35.5. The van der Waals surface area contributed by atoms with Gasteiger partial charge < -0.3 is 18.9 Å². The van der Waals surface area contributed by atoms with Crippen molar-refractivity contribution in [2.24, 2.45) is 11.8 Å². The lowest BCUT2D eigenvalue weighted by atomic mass is 10.1. The van der Waals surface area contributed by atoms with Gasteiger partial charge in [0.05, 0.1) is 24.5 Å². The molecule has 1 aliphatic carbocycles. The molecule has 1 fully saturated rings. The first-order valence-electron chi connectivity index (χ1n) is 9.92. The Labute approximate surface area is 177 Å². The number of rotatable bonds is 9. The molecule has 7 heteroatoms. The molecule has 1 aromatic carbocycles. The van der Waals surface area contributed by atoms with Crippen LogP contribution in [-0.4, -0.2) is 36.9 Å². The van der Waals surface area contributed by atoms with E-state index in [1.54, 1.807) is 53.0 Å². The lowest BCUT2D eigenvalue weighted by Gasteiger charge is -2.26. The van der Waals surface area contributed by atoms with E-state index in [4.69, 9.17) is 30.5 Å². The summed E-state index contributed by atoms with van der Waals surface area (Å²) in [4.78, 5) is 24.4. The van der Waals surface area contributed by atoms with Crippen molar-refractivity contribution in [3.05, 3.63) is 23.2 Å². The van der Waals surface area contributed by atoms with Crippen LogP contribution in [-0.2, 0) is 19.1 Å². The van der Waals surface area contributed by atoms with Crippen molar-refractivity contribution in [3.63, 3.8) is 0 Å². The molecular weight excluding hydrogens is 396 g/mol. The number of ether oxygens (including phenoxy) is 4. The van der Waals surface area contributed by atoms with Crippen LogP contribution in [0.3, 0.4) is 0 Å². The number of methoxy groups -OCH3 is 1. The van der Waals surface area contributed by atoms with Gasteiger partial charge in [0.2, 0.25) is 0 Å². The van der Waals surface area contributed by atoms with Crippen LogP contribution in [0.15, 0.2) is 18.2 Å². The molecule has 29 heavy (non-hydrogen) atoms. The summed E-state index contributed by atoms with van der Waals surface area (Å²) in [6.45, 7) is 8.85. The normalized spacial score (nSPS) is 17.1. The van der Waals surface area contributed by atoms with Gasteiger partial charge in [-0.1, -0.05) is 18.5 Å². The second-order valence-corrected chi connectivity index (χ2v) is 8.96. The van der Waals surface area contributed by atoms with Crippen molar-refractivity contribution in [1.82, 2.24) is 0 Å². The average Bonchev–Trinajstić information content (AvgIpc) is 3.43. The summed E-state index contributed by atoms with van der Waals surface area (Å²) < 4.78 is 22.3. The first-order chi connectivity index (χ1) is 13.5. The Morgan fingerprint density at radius 2 is 1.86 bits per heavy atom. The topological polar surface area (TPSA) is 71.1 Å². The van der Waals surface area contributed by atoms with Crippen molar-refractivity contribution < 1.29 is 28.5 Å². The van der Waals surface area contributed by atoms with Crippen molar-refractivity contribution >= 4 is 23.5 Å². The Balaban J connectivity index is 1.96. The Morgan fingerprint density at radius 1 is 1.21 bits per heavy atom. The van der Waals surface area contributed by atoms with E-state index in [0.717, 1.165) is 12.8 Å². The third-order valence-corrected chi connectivity index (χ3v) is 4.85. The Hall–Kier alpha value is -1.95. The van der Waals surface area contributed by atoms with Crippen molar-refractivity contribution in [2.45, 2.75) is 71.7 Å². The van der Waals surface area contributed by atoms with Crippen molar-refractivity contribution in [1.29, 1.82) is 0 Å². The maximum atomic E-state index is 12.5. The molecule has 0 saturated heterocycles. The second kappa shape index (κ2) is 9.70. The second-order valence-electron chi connectivity index (χ2n) is 8.55. The van der Waals surface area contributed by atoms with Gasteiger partial charge in [-0.05, 0) is 58.6 Å². The third-order valence-electron chi connectivity index (χ3n) is 4.54. The number of benzene rings is 1. The zero-order valence-electron chi connectivity index (χ0n) is 18.0. The highest BCUT2D eigenvalue weighted by Gasteiger charge is 2.39. The summed E-state index contributed by atoms with van der Waals surface area (Å²) in [5.74, 6) is -0.00485. The highest BCUT2D eigenvalue weighted by molar-refractivity contribution is 6.32. The SMILES string of the molecule is COc1cc(O[C@H](C2CC2)[C@H](C)OC(=O)[C@H](C)CC(=O)OC(C)(C)C)ccc1Cl. The molecule has 1 aliphatic rings. The number of carbonyl (C=O) groups excluding carboxylic acids is 2. The Morgan fingerprint density at radius 3 is 2.41 bits per heavy atom. The molecule has 0 heterocycles. The molecule has 0 radical (unpaired) electrons. The van der Waals surface area contributed by atoms with E-state index in [1.165, 1.54) is 0 Å². The first kappa shape index (κ1) is 23.3. The molecule has 1 aromatic rings. The number of halogens is 1. The average molecular weight is 427 g/mol. The van der Waals surface area contributed by atoms with E-state index in [0.29, 0.717) is 22.4 Å². The van der Waals surface area contributed by atoms with Gasteiger partial charge in [-0.15, -0.1) is 0 Å². The zero-order valence-corrected chi connectivity index (χ0v) is 18.7. The molecule has 6 nitrogen and oxygen atoms in total. The fraction of sp³-hybridized carbons (Fsp3) is 0.636. The van der Waals surface area contributed by atoms with Gasteiger partial charge in [0.25, 0.3) is 0 Å². The van der Waals surface area contributed by atoms with Gasteiger partial charge in [-0.25, -0.2) is 0 Å². The predicted octanol–water partition coefficient (Wildman–Crippen LogP) is 4.81. The standard InChI is InChI=1S/C22H31ClO6/c1-13(11-19(24)29-22(3,4)5)21(25)27-14(2)20(15-7-8-15)28-16-9-10-17(23)18(12-16)26-6/h9-10,12-15,20H,7-8,11H2,1-6H3/t13-,14+,20+/m1/s1. The first-order valence-corrected chi connectivity index (χ1v) is 10.3. The summed E-state index contributed by atoms with van der Waals surface area (Å²) in [7, 11) is 1.54. The number of carbonyl (C=O) groups is 2. The Kier molecular flexibility index (Phi) is 7.80. The minimum atomic E-state index is -0.595. The Bertz CT molecular complexity index is 723. The summed E-state index contributed by atoms with van der Waals surface area (Å²) in [5.41, 5.74) is -0.585. The molecule has 0 N–H and O–H groups in total. The summed E-state index contributed by atoms with van der Waals surface area (Å²) in [5, 5.41) is 0.498. The largest absolute Gasteiger partial charge is 0.495 e. The van der Waals surface area contributed by atoms with E-state index >= 15 is 0 Å². The van der Waals surface area contributed by atoms with Crippen LogP contribution in [0.4, 0.5) is 0 Å². The lowest BCUT2D eigenvalue weighted by molar-refractivity contribution is -0.165. The van der Waals surface area contributed by atoms with Crippen LogP contribution >= 0.6 is 11.6 Å². The van der Waals surface area contributed by atoms with Crippen LogP contribution < -0.4 is 9.47 Å². The quantitative estimate of drug-likeness (QED) is 0.528. The van der Waals surface area contributed by atoms with Gasteiger partial charge in [-0.2, -0.15) is 0 Å². The molecule has 0 bridgehead atoms. The van der Waals surface area contributed by atoms with Crippen LogP contribution in [0.1, 0.15) is 53.9 Å². The lowest BCUT2D eigenvalue weighted by Crippen LogP contribution is -2.37. The fourth-order valence-corrected chi connectivity index (χ4v) is 3.15. The summed E-state index contributed by atoms with van der Waals surface area (Å²) in [6, 6.07) is 5.19. The molecule has 0 aromatic heterocycles. The molecule has 3 atom stereocenters. The molecule has 0 unspecified atom stereocenters. The molecule has 1 saturated carbocycles. The van der Waals surface area contributed by atoms with E-state index in [1.807, 2.05) is 6.92 Å². The van der Waals surface area contributed by atoms with E-state index < -0.39 is 29.6 Å². The van der Waals surface area contributed by atoms with Gasteiger partial charge in [-0.3, -0.25) is 9.59 Å². The number of esters is 2. The molecule has 2 rings (SSSR count). The maximum absolute atomic E-state index is 12.5. The van der Waals surface area contributed by atoms with E-state index in [2.05, 4.69) is 0 Å². The summed E-state index contributed by atoms with van der Waals surface area (Å²) >= 11 is 6.07. The third kappa shape index (κ3) is 7.42. The zero-order chi connectivity index (χ0) is 21.8. The summed E-state index contributed by atoms with van der Waals surface area (Å²) in [6.07, 6.45) is 1.28. The number of hydrogen-bond donors (Lipinski definition) is 0. The molecular formula is C22H31ClO6. The minimum Gasteiger partial charge on any atom is -0.495 e. The predicted molar refractivity (Wildman–Crippen MR) is 110 cm³/mol.